The number of methoxy groups -OCH3 is 1. The molecule has 84 valence electrons. The molecule has 0 aliphatic rings. The van der Waals surface area contributed by atoms with E-state index in [1.165, 1.54) is 0 Å². The maximum atomic E-state index is 5.24. The summed E-state index contributed by atoms with van der Waals surface area (Å²) in [6, 6.07) is 9.78. The zero-order valence-electron chi connectivity index (χ0n) is 9.37. The summed E-state index contributed by atoms with van der Waals surface area (Å²) < 4.78 is 6.99. The molecule has 0 unspecified atom stereocenters. The highest BCUT2D eigenvalue weighted by Gasteiger charge is 2.05. The van der Waals surface area contributed by atoms with E-state index >= 15 is 0 Å². The van der Waals surface area contributed by atoms with Crippen LogP contribution in [0, 0.1) is 0 Å². The highest BCUT2D eigenvalue weighted by molar-refractivity contribution is 5.89. The predicted molar refractivity (Wildman–Crippen MR) is 65.4 cm³/mol. The van der Waals surface area contributed by atoms with Gasteiger partial charge in [0.1, 0.15) is 5.75 Å². The second-order valence-corrected chi connectivity index (χ2v) is 3.67. The predicted octanol–water partition coefficient (Wildman–Crippen LogP) is 2.43. The van der Waals surface area contributed by atoms with Gasteiger partial charge in [0, 0.05) is 24.0 Å². The number of rotatable bonds is 2. The number of aromatic nitrogens is 3. The molecule has 3 rings (SSSR count). The third-order valence-electron chi connectivity index (χ3n) is 2.67. The molecule has 0 N–H and O–H groups in total. The first-order chi connectivity index (χ1) is 8.38. The lowest BCUT2D eigenvalue weighted by atomic mass is 10.1. The van der Waals surface area contributed by atoms with Crippen LogP contribution < -0.4 is 4.74 Å². The fourth-order valence-electron chi connectivity index (χ4n) is 1.84. The Labute approximate surface area is 98.5 Å². The van der Waals surface area contributed by atoms with Crippen molar-refractivity contribution >= 4 is 10.8 Å². The number of pyridine rings is 1. The number of nitrogens with zero attached hydrogens (tertiary/aromatic N) is 3. The van der Waals surface area contributed by atoms with Crippen molar-refractivity contribution in [2.24, 2.45) is 0 Å². The van der Waals surface area contributed by atoms with Crippen LogP contribution in [0.1, 0.15) is 0 Å². The number of fused-ring (bicyclic) bond motifs is 1. The van der Waals surface area contributed by atoms with Gasteiger partial charge in [-0.2, -0.15) is 5.10 Å². The van der Waals surface area contributed by atoms with E-state index in [2.05, 4.69) is 10.1 Å². The quantitative estimate of drug-likeness (QED) is 0.672. The zero-order valence-corrected chi connectivity index (χ0v) is 9.37. The number of benzene rings is 1. The van der Waals surface area contributed by atoms with Crippen molar-refractivity contribution in [2.45, 2.75) is 0 Å². The normalized spacial score (nSPS) is 10.6. The molecule has 0 aliphatic carbocycles. The van der Waals surface area contributed by atoms with Gasteiger partial charge in [0.2, 0.25) is 0 Å². The van der Waals surface area contributed by atoms with Crippen LogP contribution in [0.2, 0.25) is 0 Å². The van der Waals surface area contributed by atoms with Crippen LogP contribution in [0.4, 0.5) is 0 Å². The van der Waals surface area contributed by atoms with Crippen LogP contribution in [0.15, 0.2) is 48.9 Å². The summed E-state index contributed by atoms with van der Waals surface area (Å²) in [5, 5.41) is 6.35. The lowest BCUT2D eigenvalue weighted by Crippen LogP contribution is -1.98. The maximum absolute atomic E-state index is 5.24. The molecule has 0 saturated carbocycles. The minimum absolute atomic E-state index is 0.811. The fourth-order valence-corrected chi connectivity index (χ4v) is 1.84. The zero-order chi connectivity index (χ0) is 11.7. The standard InChI is InChI=1S/C13H11N3O/c1-17-11-4-3-10-5-7-14-13(12(10)9-11)16-8-2-6-15-16/h2-9H,1H3. The molecular weight excluding hydrogens is 214 g/mol. The molecule has 0 bridgehead atoms. The molecule has 4 heteroatoms. The van der Waals surface area contributed by atoms with E-state index in [0.717, 1.165) is 22.3 Å². The summed E-state index contributed by atoms with van der Waals surface area (Å²) in [6.07, 6.45) is 5.40. The van der Waals surface area contributed by atoms with Gasteiger partial charge in [0.25, 0.3) is 0 Å². The summed E-state index contributed by atoms with van der Waals surface area (Å²) in [5.41, 5.74) is 0. The molecule has 17 heavy (non-hydrogen) atoms. The third kappa shape index (κ3) is 1.63. The van der Waals surface area contributed by atoms with Gasteiger partial charge >= 0.3 is 0 Å². The second-order valence-electron chi connectivity index (χ2n) is 3.67. The van der Waals surface area contributed by atoms with Crippen molar-refractivity contribution in [3.05, 3.63) is 48.9 Å². The Morgan fingerprint density at radius 1 is 1.18 bits per heavy atom. The van der Waals surface area contributed by atoms with E-state index in [9.17, 15) is 0 Å². The first kappa shape index (κ1) is 9.84. The Balaban J connectivity index is 2.30. The Hall–Kier alpha value is -2.36. The van der Waals surface area contributed by atoms with Crippen molar-refractivity contribution in [2.75, 3.05) is 7.11 Å². The molecule has 0 aliphatic heterocycles. The largest absolute Gasteiger partial charge is 0.497 e. The van der Waals surface area contributed by atoms with Gasteiger partial charge in [-0.25, -0.2) is 9.67 Å². The van der Waals surface area contributed by atoms with Crippen molar-refractivity contribution in [3.63, 3.8) is 0 Å². The summed E-state index contributed by atoms with van der Waals surface area (Å²) in [6.45, 7) is 0. The van der Waals surface area contributed by atoms with Crippen LogP contribution in [0.5, 0.6) is 5.75 Å². The summed E-state index contributed by atoms with van der Waals surface area (Å²) >= 11 is 0. The molecule has 3 aromatic rings. The van der Waals surface area contributed by atoms with Gasteiger partial charge in [-0.15, -0.1) is 0 Å². The lowest BCUT2D eigenvalue weighted by molar-refractivity contribution is 0.415. The van der Waals surface area contributed by atoms with E-state index in [1.54, 1.807) is 24.2 Å². The maximum Gasteiger partial charge on any atom is 0.161 e. The van der Waals surface area contributed by atoms with E-state index in [4.69, 9.17) is 4.74 Å². The minimum atomic E-state index is 0.811. The van der Waals surface area contributed by atoms with Crippen molar-refractivity contribution < 1.29 is 4.74 Å². The topological polar surface area (TPSA) is 39.9 Å². The molecule has 0 amide bonds. The summed E-state index contributed by atoms with van der Waals surface area (Å²) in [7, 11) is 1.66. The van der Waals surface area contributed by atoms with Crippen molar-refractivity contribution in [3.8, 4) is 11.6 Å². The Morgan fingerprint density at radius 3 is 2.88 bits per heavy atom. The monoisotopic (exact) mass is 225 g/mol. The van der Waals surface area contributed by atoms with Gasteiger partial charge in [-0.1, -0.05) is 6.07 Å². The van der Waals surface area contributed by atoms with Gasteiger partial charge in [0.15, 0.2) is 5.82 Å². The molecule has 2 heterocycles. The van der Waals surface area contributed by atoms with E-state index in [1.807, 2.05) is 36.5 Å². The van der Waals surface area contributed by atoms with Gasteiger partial charge in [-0.05, 0) is 29.7 Å². The highest BCUT2D eigenvalue weighted by Crippen LogP contribution is 2.24. The molecule has 2 aromatic heterocycles. The molecule has 0 spiro atoms. The molecule has 0 atom stereocenters. The second kappa shape index (κ2) is 3.90. The molecule has 0 fully saturated rings. The number of hydrogen-bond donors (Lipinski definition) is 0. The van der Waals surface area contributed by atoms with Crippen LogP contribution in [-0.2, 0) is 0 Å². The van der Waals surface area contributed by atoms with E-state index in [-0.39, 0.29) is 0 Å². The lowest BCUT2D eigenvalue weighted by Gasteiger charge is -2.07. The Kier molecular flexibility index (Phi) is 2.26. The van der Waals surface area contributed by atoms with Gasteiger partial charge in [-0.3, -0.25) is 0 Å². The number of hydrogen-bond acceptors (Lipinski definition) is 3. The summed E-state index contributed by atoms with van der Waals surface area (Å²) in [5.74, 6) is 1.63. The SMILES string of the molecule is COc1ccc2ccnc(-n3cccn3)c2c1. The van der Waals surface area contributed by atoms with Crippen LogP contribution in [-0.4, -0.2) is 21.9 Å². The molecule has 0 radical (unpaired) electrons. The average molecular weight is 225 g/mol. The van der Waals surface area contributed by atoms with Crippen LogP contribution in [0.25, 0.3) is 16.6 Å². The van der Waals surface area contributed by atoms with Crippen molar-refractivity contribution in [1.29, 1.82) is 0 Å². The molecule has 4 nitrogen and oxygen atoms in total. The highest BCUT2D eigenvalue weighted by atomic mass is 16.5. The fraction of sp³-hybridized carbons (Fsp3) is 0.0769. The molecular formula is C13H11N3O. The van der Waals surface area contributed by atoms with Gasteiger partial charge < -0.3 is 4.74 Å². The van der Waals surface area contributed by atoms with Crippen molar-refractivity contribution in [1.82, 2.24) is 14.8 Å². The minimum Gasteiger partial charge on any atom is -0.497 e. The molecule has 0 saturated heterocycles. The smallest absolute Gasteiger partial charge is 0.161 e. The van der Waals surface area contributed by atoms with E-state index in [0.29, 0.717) is 0 Å². The van der Waals surface area contributed by atoms with Crippen LogP contribution in [0.3, 0.4) is 0 Å². The number of ether oxygens (including phenoxy) is 1. The third-order valence-corrected chi connectivity index (χ3v) is 2.67. The Bertz CT molecular complexity index is 647. The summed E-state index contributed by atoms with van der Waals surface area (Å²) in [4.78, 5) is 4.37. The van der Waals surface area contributed by atoms with Crippen LogP contribution >= 0.6 is 0 Å². The first-order valence-corrected chi connectivity index (χ1v) is 5.31. The molecule has 1 aromatic carbocycles. The average Bonchev–Trinajstić information content (AvgIpc) is 2.91. The Morgan fingerprint density at radius 2 is 2.12 bits per heavy atom. The first-order valence-electron chi connectivity index (χ1n) is 5.31. The van der Waals surface area contributed by atoms with Gasteiger partial charge in [0.05, 0.1) is 7.11 Å². The van der Waals surface area contributed by atoms with E-state index < -0.39 is 0 Å².